The lowest BCUT2D eigenvalue weighted by molar-refractivity contribution is -0.129. The van der Waals surface area contributed by atoms with Gasteiger partial charge in [0.2, 0.25) is 0 Å². The maximum Gasteiger partial charge on any atom is 0.338 e. The van der Waals surface area contributed by atoms with E-state index in [0.29, 0.717) is 0 Å². The largest absolute Gasteiger partial charge is 0.388 e. The predicted molar refractivity (Wildman–Crippen MR) is 113 cm³/mol. The van der Waals surface area contributed by atoms with Gasteiger partial charge in [0.15, 0.2) is 0 Å². The van der Waals surface area contributed by atoms with Gasteiger partial charge in [-0.25, -0.2) is 14.8 Å². The highest BCUT2D eigenvalue weighted by Gasteiger charge is 2.09. The highest BCUT2D eigenvalue weighted by molar-refractivity contribution is 5.83. The smallest absolute Gasteiger partial charge is 0.338 e. The van der Waals surface area contributed by atoms with Gasteiger partial charge in [-0.15, -0.1) is 0 Å². The van der Waals surface area contributed by atoms with Crippen molar-refractivity contribution < 1.29 is 9.53 Å². The molecule has 1 aromatic heterocycles. The number of benzene rings is 1. The number of hydrogen-bond donors (Lipinski definition) is 0. The van der Waals surface area contributed by atoms with Gasteiger partial charge in [0.25, 0.3) is 0 Å². The van der Waals surface area contributed by atoms with Crippen LogP contribution in [0.5, 0.6) is 6.01 Å². The molecule has 1 atom stereocenters. The van der Waals surface area contributed by atoms with Crippen LogP contribution in [0.1, 0.15) is 75.8 Å². The maximum atomic E-state index is 12.2. The minimum Gasteiger partial charge on any atom is -0.388 e. The van der Waals surface area contributed by atoms with Crippen molar-refractivity contribution in [1.29, 1.82) is 0 Å². The Bertz CT molecular complexity index is 711. The number of unbranched alkanes of at least 4 members (excludes halogenated alkanes) is 4. The van der Waals surface area contributed by atoms with E-state index in [0.717, 1.165) is 37.7 Å². The summed E-state index contributed by atoms with van der Waals surface area (Å²) in [6.45, 7) is 4.37. The summed E-state index contributed by atoms with van der Waals surface area (Å²) in [4.78, 5) is 20.5. The highest BCUT2D eigenvalue weighted by atomic mass is 16.5. The number of carbonyl (C=O) groups excluding carboxylic acids is 1. The number of esters is 1. The van der Waals surface area contributed by atoms with E-state index in [4.69, 9.17) is 4.74 Å². The van der Waals surface area contributed by atoms with Crippen molar-refractivity contribution in [3.8, 4) is 6.01 Å². The molecule has 0 radical (unpaired) electrons. The monoisotopic (exact) mass is 380 g/mol. The third-order valence-corrected chi connectivity index (χ3v) is 4.75. The Morgan fingerprint density at radius 1 is 1.00 bits per heavy atom. The van der Waals surface area contributed by atoms with Crippen LogP contribution in [0.2, 0.25) is 0 Å². The second-order valence-corrected chi connectivity index (χ2v) is 7.12. The third-order valence-electron chi connectivity index (χ3n) is 4.75. The van der Waals surface area contributed by atoms with Gasteiger partial charge in [0.05, 0.1) is 0 Å². The van der Waals surface area contributed by atoms with Crippen molar-refractivity contribution in [1.82, 2.24) is 9.97 Å². The second kappa shape index (κ2) is 12.8. The molecule has 1 unspecified atom stereocenters. The maximum absolute atomic E-state index is 12.2. The summed E-state index contributed by atoms with van der Waals surface area (Å²) in [6, 6.07) is 10.4. The molecular weight excluding hydrogens is 348 g/mol. The summed E-state index contributed by atoms with van der Waals surface area (Å²) < 4.78 is 5.26. The summed E-state index contributed by atoms with van der Waals surface area (Å²) in [5, 5.41) is 0. The molecule has 0 aliphatic heterocycles. The number of aryl methyl sites for hydroxylation is 1. The highest BCUT2D eigenvalue weighted by Crippen LogP contribution is 2.23. The van der Waals surface area contributed by atoms with Crippen molar-refractivity contribution in [2.75, 3.05) is 0 Å². The van der Waals surface area contributed by atoms with Gasteiger partial charge in [-0.3, -0.25) is 0 Å². The van der Waals surface area contributed by atoms with Crippen molar-refractivity contribution in [2.45, 2.75) is 71.1 Å². The van der Waals surface area contributed by atoms with Crippen LogP contribution in [-0.4, -0.2) is 15.9 Å². The molecule has 1 heterocycles. The quantitative estimate of drug-likeness (QED) is 0.256. The molecule has 150 valence electrons. The molecule has 0 fully saturated rings. The number of rotatable bonds is 12. The zero-order valence-corrected chi connectivity index (χ0v) is 17.1. The molecular formula is C24H32N2O2. The number of aromatic nitrogens is 2. The first-order valence-electron chi connectivity index (χ1n) is 10.5. The summed E-state index contributed by atoms with van der Waals surface area (Å²) in [5.74, 6) is -0.228. The molecule has 0 saturated carbocycles. The normalized spacial score (nSPS) is 12.2. The Hall–Kier alpha value is -2.49. The van der Waals surface area contributed by atoms with E-state index >= 15 is 0 Å². The molecule has 1 aromatic carbocycles. The Labute approximate surface area is 169 Å². The molecule has 2 aromatic rings. The first-order valence-corrected chi connectivity index (χ1v) is 10.5. The first-order chi connectivity index (χ1) is 13.7. The van der Waals surface area contributed by atoms with E-state index in [1.165, 1.54) is 30.9 Å². The van der Waals surface area contributed by atoms with Crippen LogP contribution in [0.3, 0.4) is 0 Å². The van der Waals surface area contributed by atoms with Gasteiger partial charge in [0, 0.05) is 24.4 Å². The van der Waals surface area contributed by atoms with Gasteiger partial charge in [-0.2, -0.15) is 0 Å². The lowest BCUT2D eigenvalue weighted by atomic mass is 9.93. The molecule has 28 heavy (non-hydrogen) atoms. The molecule has 0 spiro atoms. The number of hydrogen-bond acceptors (Lipinski definition) is 4. The topological polar surface area (TPSA) is 52.1 Å². The zero-order chi connectivity index (χ0) is 20.0. The van der Waals surface area contributed by atoms with Crippen molar-refractivity contribution in [3.63, 3.8) is 0 Å². The summed E-state index contributed by atoms with van der Waals surface area (Å²) in [5.41, 5.74) is 2.29. The minimum absolute atomic E-state index is 0.108. The molecule has 0 amide bonds. The number of nitrogens with zero attached hydrogens (tertiary/aromatic N) is 2. The van der Waals surface area contributed by atoms with Crippen molar-refractivity contribution >= 4 is 5.97 Å². The Morgan fingerprint density at radius 3 is 2.39 bits per heavy atom. The molecule has 2 rings (SSSR count). The van der Waals surface area contributed by atoms with Gasteiger partial charge < -0.3 is 4.74 Å². The fourth-order valence-electron chi connectivity index (χ4n) is 3.10. The average Bonchev–Trinajstić information content (AvgIpc) is 2.73. The van der Waals surface area contributed by atoms with E-state index in [9.17, 15) is 4.79 Å². The van der Waals surface area contributed by atoms with Crippen LogP contribution >= 0.6 is 0 Å². The molecule has 0 saturated heterocycles. The first kappa shape index (κ1) is 21.8. The fraction of sp³-hybridized carbons (Fsp3) is 0.458. The van der Waals surface area contributed by atoms with Crippen molar-refractivity contribution in [2.24, 2.45) is 0 Å². The van der Waals surface area contributed by atoms with Crippen LogP contribution in [-0.2, 0) is 11.2 Å². The van der Waals surface area contributed by atoms with E-state index in [1.54, 1.807) is 12.4 Å². The van der Waals surface area contributed by atoms with Crippen LogP contribution in [0.15, 0.2) is 54.9 Å². The second-order valence-electron chi connectivity index (χ2n) is 7.12. The van der Waals surface area contributed by atoms with Gasteiger partial charge >= 0.3 is 12.0 Å². The molecule has 0 bridgehead atoms. The van der Waals surface area contributed by atoms with Crippen molar-refractivity contribution in [3.05, 3.63) is 66.0 Å². The zero-order valence-electron chi connectivity index (χ0n) is 17.1. The molecule has 4 nitrogen and oxygen atoms in total. The molecule has 0 aliphatic carbocycles. The standard InChI is InChI=1S/C24H32N2O2/c1-3-5-7-9-12-20-18-25-24(26-19-20)28-23(27)17-16-22(13-6-4-2)21-14-10-8-11-15-21/h8,10-11,14-19,22H,3-7,9,12-13H2,1-2H3. The lowest BCUT2D eigenvalue weighted by Gasteiger charge is -2.12. The average molecular weight is 381 g/mol. The van der Waals surface area contributed by atoms with Crippen LogP contribution < -0.4 is 4.74 Å². The number of carbonyl (C=O) groups is 1. The SMILES string of the molecule is CCCCCCc1cnc(OC(=O)C=CC(CCCC)c2ccccc2)nc1. The Kier molecular flexibility index (Phi) is 9.98. The number of allylic oxidation sites excluding steroid dienone is 1. The van der Waals surface area contributed by atoms with E-state index in [-0.39, 0.29) is 11.9 Å². The third kappa shape index (κ3) is 8.03. The molecule has 4 heteroatoms. The summed E-state index contributed by atoms with van der Waals surface area (Å²) >= 11 is 0. The lowest BCUT2D eigenvalue weighted by Crippen LogP contribution is -2.08. The van der Waals surface area contributed by atoms with E-state index in [1.807, 2.05) is 24.3 Å². The van der Waals surface area contributed by atoms with Crippen LogP contribution in [0.25, 0.3) is 0 Å². The van der Waals surface area contributed by atoms with E-state index < -0.39 is 5.97 Å². The van der Waals surface area contributed by atoms with Crippen LogP contribution in [0.4, 0.5) is 0 Å². The molecule has 0 N–H and O–H groups in total. The fourth-order valence-corrected chi connectivity index (χ4v) is 3.10. The minimum atomic E-state index is -0.437. The summed E-state index contributed by atoms with van der Waals surface area (Å²) in [7, 11) is 0. The Morgan fingerprint density at radius 2 is 1.71 bits per heavy atom. The van der Waals surface area contributed by atoms with Crippen LogP contribution in [0, 0.1) is 0 Å². The van der Waals surface area contributed by atoms with Gasteiger partial charge in [-0.1, -0.05) is 82.4 Å². The predicted octanol–water partition coefficient (Wildman–Crippen LogP) is 6.04. The molecule has 0 aliphatic rings. The van der Waals surface area contributed by atoms with Gasteiger partial charge in [0.1, 0.15) is 0 Å². The van der Waals surface area contributed by atoms with E-state index in [2.05, 4.69) is 35.9 Å². The summed E-state index contributed by atoms with van der Waals surface area (Å²) in [6.07, 6.45) is 16.0. The Balaban J connectivity index is 1.88. The number of ether oxygens (including phenoxy) is 1. The van der Waals surface area contributed by atoms with Gasteiger partial charge in [-0.05, 0) is 30.4 Å².